The van der Waals surface area contributed by atoms with Gasteiger partial charge < -0.3 is 15.8 Å². The number of rotatable bonds is 6. The van der Waals surface area contributed by atoms with Crippen LogP contribution in [0.5, 0.6) is 0 Å². The molecule has 1 amide bonds. The van der Waals surface area contributed by atoms with Gasteiger partial charge in [0.25, 0.3) is 5.91 Å². The van der Waals surface area contributed by atoms with Gasteiger partial charge in [-0.15, -0.1) is 0 Å². The molecular formula is C24H23ClN4O2. The summed E-state index contributed by atoms with van der Waals surface area (Å²) in [6, 6.07) is 18.0. The van der Waals surface area contributed by atoms with Crippen LogP contribution in [0.15, 0.2) is 71.9 Å². The minimum absolute atomic E-state index is 0.152. The topological polar surface area (TPSA) is 89.6 Å². The van der Waals surface area contributed by atoms with Gasteiger partial charge in [0.15, 0.2) is 0 Å². The molecule has 1 atom stereocenters. The number of amides is 1. The summed E-state index contributed by atoms with van der Waals surface area (Å²) < 4.78 is 5.56. The Morgan fingerprint density at radius 3 is 2.68 bits per heavy atom. The van der Waals surface area contributed by atoms with Gasteiger partial charge in [-0.05, 0) is 55.3 Å². The molecule has 1 aliphatic rings. The number of pyridine rings is 1. The maximum absolute atomic E-state index is 12.7. The zero-order chi connectivity index (χ0) is 21.6. The molecule has 1 aromatic heterocycles. The monoisotopic (exact) mass is 434 g/mol. The second-order valence-corrected chi connectivity index (χ2v) is 7.71. The molecule has 0 radical (unpaired) electrons. The highest BCUT2D eigenvalue weighted by Gasteiger charge is 2.15. The number of hydrogen-bond acceptors (Lipinski definition) is 4. The Balaban J connectivity index is 1.43. The molecule has 0 spiro atoms. The van der Waals surface area contributed by atoms with E-state index in [1.165, 1.54) is 0 Å². The Morgan fingerprint density at radius 2 is 1.97 bits per heavy atom. The van der Waals surface area contributed by atoms with Crippen LogP contribution in [0.1, 0.15) is 28.8 Å². The number of anilines is 1. The Kier molecular flexibility index (Phi) is 6.60. The van der Waals surface area contributed by atoms with E-state index in [9.17, 15) is 4.79 Å². The van der Waals surface area contributed by atoms with Gasteiger partial charge in [-0.1, -0.05) is 29.8 Å². The zero-order valence-electron chi connectivity index (χ0n) is 16.9. The summed E-state index contributed by atoms with van der Waals surface area (Å²) in [5.41, 5.74) is 9.51. The summed E-state index contributed by atoms with van der Waals surface area (Å²) in [7, 11) is 0. The normalized spacial score (nSPS) is 16.3. The summed E-state index contributed by atoms with van der Waals surface area (Å²) in [5, 5.41) is 3.47. The van der Waals surface area contributed by atoms with Crippen LogP contribution in [0.3, 0.4) is 0 Å². The number of nitrogens with one attached hydrogen (secondary N) is 1. The molecule has 0 bridgehead atoms. The van der Waals surface area contributed by atoms with Crippen molar-refractivity contribution in [2.45, 2.75) is 18.9 Å². The largest absolute Gasteiger partial charge is 0.384 e. The molecular weight excluding hydrogens is 412 g/mol. The van der Waals surface area contributed by atoms with Gasteiger partial charge in [-0.3, -0.25) is 14.8 Å². The maximum atomic E-state index is 12.7. The molecule has 3 aromatic rings. The van der Waals surface area contributed by atoms with E-state index in [4.69, 9.17) is 22.1 Å². The number of benzene rings is 2. The predicted molar refractivity (Wildman–Crippen MR) is 124 cm³/mol. The van der Waals surface area contributed by atoms with E-state index in [0.29, 0.717) is 28.7 Å². The predicted octanol–water partition coefficient (Wildman–Crippen LogP) is 4.54. The van der Waals surface area contributed by atoms with Gasteiger partial charge in [-0.2, -0.15) is 0 Å². The number of aromatic nitrogens is 1. The number of nitrogens with zero attached hydrogens (tertiary/aromatic N) is 2. The second-order valence-electron chi connectivity index (χ2n) is 7.30. The molecule has 2 heterocycles. The third kappa shape index (κ3) is 5.29. The van der Waals surface area contributed by atoms with Gasteiger partial charge in [0.1, 0.15) is 5.84 Å². The van der Waals surface area contributed by atoms with Crippen LogP contribution in [-0.2, 0) is 4.74 Å². The fourth-order valence-corrected chi connectivity index (χ4v) is 3.61. The Morgan fingerprint density at radius 1 is 1.16 bits per heavy atom. The van der Waals surface area contributed by atoms with E-state index >= 15 is 0 Å². The van der Waals surface area contributed by atoms with Crippen molar-refractivity contribution < 1.29 is 9.53 Å². The van der Waals surface area contributed by atoms with Gasteiger partial charge in [0, 0.05) is 35.2 Å². The Hall–Kier alpha value is -3.22. The highest BCUT2D eigenvalue weighted by Crippen LogP contribution is 2.29. The molecule has 0 aliphatic carbocycles. The third-order valence-electron chi connectivity index (χ3n) is 5.10. The van der Waals surface area contributed by atoms with Gasteiger partial charge in [-0.25, -0.2) is 0 Å². The number of carbonyl (C=O) groups excluding carboxylic acids is 1. The minimum Gasteiger partial charge on any atom is -0.384 e. The van der Waals surface area contributed by atoms with Crippen molar-refractivity contribution in [3.05, 3.63) is 83.0 Å². The highest BCUT2D eigenvalue weighted by atomic mass is 35.5. The summed E-state index contributed by atoms with van der Waals surface area (Å²) in [4.78, 5) is 21.4. The van der Waals surface area contributed by atoms with Crippen molar-refractivity contribution in [2.24, 2.45) is 10.7 Å². The van der Waals surface area contributed by atoms with Crippen molar-refractivity contribution in [1.29, 1.82) is 0 Å². The van der Waals surface area contributed by atoms with Crippen molar-refractivity contribution in [2.75, 3.05) is 18.5 Å². The molecule has 1 saturated heterocycles. The first-order valence-corrected chi connectivity index (χ1v) is 10.5. The van der Waals surface area contributed by atoms with E-state index in [-0.39, 0.29) is 12.0 Å². The van der Waals surface area contributed by atoms with Gasteiger partial charge >= 0.3 is 0 Å². The smallest absolute Gasteiger partial charge is 0.255 e. The molecule has 2 aromatic carbocycles. The van der Waals surface area contributed by atoms with E-state index in [1.807, 2.05) is 24.3 Å². The van der Waals surface area contributed by atoms with Crippen molar-refractivity contribution in [3.8, 4) is 11.3 Å². The quantitative estimate of drug-likeness (QED) is 0.440. The zero-order valence-corrected chi connectivity index (χ0v) is 17.7. The van der Waals surface area contributed by atoms with Crippen LogP contribution >= 0.6 is 11.6 Å². The fraction of sp³-hybridized carbons (Fsp3) is 0.208. The first-order valence-electron chi connectivity index (χ1n) is 10.1. The van der Waals surface area contributed by atoms with Crippen molar-refractivity contribution in [1.82, 2.24) is 4.98 Å². The Labute approximate surface area is 186 Å². The molecule has 0 saturated carbocycles. The molecule has 31 heavy (non-hydrogen) atoms. The third-order valence-corrected chi connectivity index (χ3v) is 5.43. The van der Waals surface area contributed by atoms with Gasteiger partial charge in [0.2, 0.25) is 0 Å². The molecule has 1 aliphatic heterocycles. The van der Waals surface area contributed by atoms with Crippen LogP contribution in [0.2, 0.25) is 5.02 Å². The lowest BCUT2D eigenvalue weighted by molar-refractivity contribution is 0.102. The number of aliphatic imine (C=N–C) groups is 1. The van der Waals surface area contributed by atoms with E-state index in [1.54, 1.807) is 42.6 Å². The number of carbonyl (C=O) groups is 1. The van der Waals surface area contributed by atoms with Crippen molar-refractivity contribution in [3.63, 3.8) is 0 Å². The maximum Gasteiger partial charge on any atom is 0.255 e. The SMILES string of the molecule is NC(=NCC1CCCO1)c1ccc(C(=O)Nc2ccc(Cl)c(-c3ccccn3)c2)cc1. The Bertz CT molecular complexity index is 1080. The van der Waals surface area contributed by atoms with Crippen molar-refractivity contribution >= 4 is 29.0 Å². The summed E-state index contributed by atoms with van der Waals surface area (Å²) in [5.74, 6) is 0.218. The second kappa shape index (κ2) is 9.73. The first kappa shape index (κ1) is 21.0. The average Bonchev–Trinajstić information content (AvgIpc) is 3.33. The molecule has 158 valence electrons. The summed E-state index contributed by atoms with van der Waals surface area (Å²) >= 11 is 6.31. The first-order chi connectivity index (χ1) is 15.1. The fourth-order valence-electron chi connectivity index (χ4n) is 3.40. The number of nitrogens with two attached hydrogens (primary N) is 1. The molecule has 6 nitrogen and oxygen atoms in total. The molecule has 1 unspecified atom stereocenters. The molecule has 1 fully saturated rings. The molecule has 4 rings (SSSR count). The lowest BCUT2D eigenvalue weighted by Gasteiger charge is -2.10. The van der Waals surface area contributed by atoms with E-state index < -0.39 is 0 Å². The standard InChI is InChI=1S/C24H23ClN4O2/c25-21-11-10-18(14-20(21)22-5-1-2-12-27-22)29-24(30)17-8-6-16(7-9-17)23(26)28-15-19-4-3-13-31-19/h1-2,5-12,14,19H,3-4,13,15H2,(H2,26,28)(H,29,30). The van der Waals surface area contributed by atoms with Crippen LogP contribution in [-0.4, -0.2) is 36.0 Å². The minimum atomic E-state index is -0.226. The number of amidine groups is 1. The number of halogens is 1. The average molecular weight is 435 g/mol. The van der Waals surface area contributed by atoms with Crippen LogP contribution in [0, 0.1) is 0 Å². The lowest BCUT2D eigenvalue weighted by Crippen LogP contribution is -2.18. The molecule has 3 N–H and O–H groups in total. The number of hydrogen-bond donors (Lipinski definition) is 2. The van der Waals surface area contributed by atoms with E-state index in [2.05, 4.69) is 15.3 Å². The van der Waals surface area contributed by atoms with Crippen LogP contribution < -0.4 is 11.1 Å². The van der Waals surface area contributed by atoms with Crippen LogP contribution in [0.4, 0.5) is 5.69 Å². The molecule has 7 heteroatoms. The summed E-state index contributed by atoms with van der Waals surface area (Å²) in [6.07, 6.45) is 3.94. The van der Waals surface area contributed by atoms with Gasteiger partial charge in [0.05, 0.1) is 23.4 Å². The highest BCUT2D eigenvalue weighted by molar-refractivity contribution is 6.33. The van der Waals surface area contributed by atoms with E-state index in [0.717, 1.165) is 36.3 Å². The number of ether oxygens (including phenoxy) is 1. The van der Waals surface area contributed by atoms with Crippen LogP contribution in [0.25, 0.3) is 11.3 Å². The summed E-state index contributed by atoms with van der Waals surface area (Å²) in [6.45, 7) is 1.35. The lowest BCUT2D eigenvalue weighted by atomic mass is 10.1.